The summed E-state index contributed by atoms with van der Waals surface area (Å²) < 4.78 is 0. The summed E-state index contributed by atoms with van der Waals surface area (Å²) in [7, 11) is 0. The molecule has 0 aromatic rings. The van der Waals surface area contributed by atoms with E-state index >= 15 is 0 Å². The fourth-order valence-electron chi connectivity index (χ4n) is 3.09. The summed E-state index contributed by atoms with van der Waals surface area (Å²) in [5.41, 5.74) is -1.08. The maximum absolute atomic E-state index is 12.0. The van der Waals surface area contributed by atoms with Crippen LogP contribution in [0.5, 0.6) is 0 Å². The Kier molecular flexibility index (Phi) is 4.02. The van der Waals surface area contributed by atoms with Crippen LogP contribution in [-0.2, 0) is 4.79 Å². The van der Waals surface area contributed by atoms with Crippen molar-refractivity contribution in [1.29, 1.82) is 0 Å². The molecule has 0 saturated heterocycles. The Balaban J connectivity index is 1.95. The van der Waals surface area contributed by atoms with Crippen LogP contribution >= 0.6 is 0 Å². The molecule has 0 aromatic heterocycles. The van der Waals surface area contributed by atoms with Crippen LogP contribution in [-0.4, -0.2) is 28.7 Å². The number of carboxylic acids is 1. The second kappa shape index (κ2) is 5.39. The topological polar surface area (TPSA) is 78.4 Å². The Bertz CT molecular complexity index is 368. The van der Waals surface area contributed by atoms with E-state index < -0.39 is 11.5 Å². The minimum atomic E-state index is -1.08. The largest absolute Gasteiger partial charge is 0.480 e. The van der Waals surface area contributed by atoms with E-state index in [2.05, 4.69) is 10.6 Å². The molecule has 2 amide bonds. The second-order valence-electron chi connectivity index (χ2n) is 6.31. The number of urea groups is 1. The van der Waals surface area contributed by atoms with Gasteiger partial charge in [0, 0.05) is 6.04 Å². The molecule has 0 spiro atoms. The van der Waals surface area contributed by atoms with Crippen LogP contribution in [0.4, 0.5) is 4.79 Å². The van der Waals surface area contributed by atoms with E-state index in [9.17, 15) is 14.7 Å². The number of hydrogen-bond donors (Lipinski definition) is 3. The number of rotatable bonds is 4. The molecule has 2 aliphatic carbocycles. The molecule has 0 bridgehead atoms. The minimum absolute atomic E-state index is 0.131. The quantitative estimate of drug-likeness (QED) is 0.730. The first-order valence-electron chi connectivity index (χ1n) is 7.25. The van der Waals surface area contributed by atoms with E-state index in [4.69, 9.17) is 0 Å². The molecule has 2 fully saturated rings. The summed E-state index contributed by atoms with van der Waals surface area (Å²) >= 11 is 0. The molecule has 2 rings (SSSR count). The molecule has 3 atom stereocenters. The number of aliphatic carboxylic acids is 1. The van der Waals surface area contributed by atoms with Gasteiger partial charge in [-0.1, -0.05) is 19.8 Å². The Hall–Kier alpha value is -1.26. The fourth-order valence-corrected chi connectivity index (χ4v) is 3.09. The van der Waals surface area contributed by atoms with Crippen molar-refractivity contribution in [2.45, 2.75) is 64.0 Å². The molecule has 2 saturated carbocycles. The van der Waals surface area contributed by atoms with Crippen LogP contribution in [0, 0.1) is 11.8 Å². The summed E-state index contributed by atoms with van der Waals surface area (Å²) in [5, 5.41) is 15.1. The van der Waals surface area contributed by atoms with Crippen LogP contribution in [0.15, 0.2) is 0 Å². The summed E-state index contributed by atoms with van der Waals surface area (Å²) in [6, 6.07) is -0.206. The van der Waals surface area contributed by atoms with Crippen molar-refractivity contribution in [2.24, 2.45) is 11.8 Å². The van der Waals surface area contributed by atoms with Gasteiger partial charge in [-0.2, -0.15) is 0 Å². The van der Waals surface area contributed by atoms with Crippen LogP contribution in [0.25, 0.3) is 0 Å². The molecule has 5 nitrogen and oxygen atoms in total. The zero-order chi connectivity index (χ0) is 14.0. The Morgan fingerprint density at radius 1 is 1.32 bits per heavy atom. The van der Waals surface area contributed by atoms with Gasteiger partial charge in [0.25, 0.3) is 0 Å². The van der Waals surface area contributed by atoms with E-state index in [0.29, 0.717) is 24.7 Å². The predicted octanol–water partition coefficient (Wildman–Crippen LogP) is 2.12. The monoisotopic (exact) mass is 268 g/mol. The molecular formula is C14H24N2O3. The van der Waals surface area contributed by atoms with E-state index in [-0.39, 0.29) is 12.1 Å². The molecule has 0 heterocycles. The molecular weight excluding hydrogens is 244 g/mol. The lowest BCUT2D eigenvalue weighted by molar-refractivity contribution is -0.146. The second-order valence-corrected chi connectivity index (χ2v) is 6.31. The van der Waals surface area contributed by atoms with Gasteiger partial charge < -0.3 is 15.7 Å². The highest BCUT2D eigenvalue weighted by atomic mass is 16.4. The van der Waals surface area contributed by atoms with Crippen molar-refractivity contribution >= 4 is 12.0 Å². The molecule has 3 N–H and O–H groups in total. The molecule has 5 heteroatoms. The summed E-state index contributed by atoms with van der Waals surface area (Å²) in [4.78, 5) is 23.5. The van der Waals surface area contributed by atoms with Crippen LogP contribution in [0.2, 0.25) is 0 Å². The maximum Gasteiger partial charge on any atom is 0.329 e. The van der Waals surface area contributed by atoms with Gasteiger partial charge in [-0.3, -0.25) is 0 Å². The normalized spacial score (nSPS) is 32.4. The Labute approximate surface area is 114 Å². The summed E-state index contributed by atoms with van der Waals surface area (Å²) in [6.07, 6.45) is 5.25. The van der Waals surface area contributed by atoms with Gasteiger partial charge >= 0.3 is 12.0 Å². The lowest BCUT2D eigenvalue weighted by atomic mass is 9.76. The van der Waals surface area contributed by atoms with E-state index in [1.165, 1.54) is 0 Å². The molecule has 3 unspecified atom stereocenters. The third kappa shape index (κ3) is 3.39. The fraction of sp³-hybridized carbons (Fsp3) is 0.857. The van der Waals surface area contributed by atoms with Crippen molar-refractivity contribution in [1.82, 2.24) is 10.6 Å². The van der Waals surface area contributed by atoms with Crippen molar-refractivity contribution in [3.05, 3.63) is 0 Å². The highest BCUT2D eigenvalue weighted by Crippen LogP contribution is 2.34. The third-order valence-corrected chi connectivity index (χ3v) is 4.45. The first-order chi connectivity index (χ1) is 8.93. The van der Waals surface area contributed by atoms with Crippen molar-refractivity contribution < 1.29 is 14.7 Å². The average Bonchev–Trinajstić information content (AvgIpc) is 3.11. The molecule has 0 radical (unpaired) electrons. The molecule has 0 aromatic carbocycles. The van der Waals surface area contributed by atoms with Crippen LogP contribution in [0.3, 0.4) is 0 Å². The van der Waals surface area contributed by atoms with Gasteiger partial charge in [0.1, 0.15) is 5.54 Å². The SMILES string of the molecule is CC1CCCC(NC(=O)NC(C)C2CC2)(C(=O)O)C1. The lowest BCUT2D eigenvalue weighted by Gasteiger charge is -2.37. The van der Waals surface area contributed by atoms with Crippen molar-refractivity contribution in [3.8, 4) is 0 Å². The number of carboxylic acid groups (broad SMARTS) is 1. The maximum atomic E-state index is 12.0. The first kappa shape index (κ1) is 14.2. The van der Waals surface area contributed by atoms with Crippen LogP contribution in [0.1, 0.15) is 52.4 Å². The minimum Gasteiger partial charge on any atom is -0.480 e. The average molecular weight is 268 g/mol. The summed E-state index contributed by atoms with van der Waals surface area (Å²) in [6.45, 7) is 4.03. The highest BCUT2D eigenvalue weighted by molar-refractivity contribution is 5.86. The van der Waals surface area contributed by atoms with Gasteiger partial charge in [0.2, 0.25) is 0 Å². The molecule has 19 heavy (non-hydrogen) atoms. The van der Waals surface area contributed by atoms with E-state index in [1.807, 2.05) is 13.8 Å². The zero-order valence-electron chi connectivity index (χ0n) is 11.7. The number of amides is 2. The van der Waals surface area contributed by atoms with Gasteiger partial charge in [-0.05, 0) is 44.4 Å². The van der Waals surface area contributed by atoms with Crippen LogP contribution < -0.4 is 10.6 Å². The van der Waals surface area contributed by atoms with Crippen molar-refractivity contribution in [3.63, 3.8) is 0 Å². The Morgan fingerprint density at radius 2 is 2.00 bits per heavy atom. The zero-order valence-corrected chi connectivity index (χ0v) is 11.7. The van der Waals surface area contributed by atoms with Gasteiger partial charge in [0.15, 0.2) is 0 Å². The Morgan fingerprint density at radius 3 is 2.53 bits per heavy atom. The third-order valence-electron chi connectivity index (χ3n) is 4.45. The summed E-state index contributed by atoms with van der Waals surface area (Å²) in [5.74, 6) is -0.00362. The first-order valence-corrected chi connectivity index (χ1v) is 7.25. The molecule has 2 aliphatic rings. The predicted molar refractivity (Wildman–Crippen MR) is 71.9 cm³/mol. The van der Waals surface area contributed by atoms with Crippen molar-refractivity contribution in [2.75, 3.05) is 0 Å². The van der Waals surface area contributed by atoms with Gasteiger partial charge in [0.05, 0.1) is 0 Å². The van der Waals surface area contributed by atoms with E-state index in [0.717, 1.165) is 25.7 Å². The van der Waals surface area contributed by atoms with Gasteiger partial charge in [-0.15, -0.1) is 0 Å². The van der Waals surface area contributed by atoms with Gasteiger partial charge in [-0.25, -0.2) is 9.59 Å². The number of nitrogens with one attached hydrogen (secondary N) is 2. The molecule has 108 valence electrons. The standard InChI is InChI=1S/C14H24N2O3/c1-9-4-3-7-14(8-9,12(17)18)16-13(19)15-10(2)11-5-6-11/h9-11H,3-8H2,1-2H3,(H,17,18)(H2,15,16,19). The number of hydrogen-bond acceptors (Lipinski definition) is 2. The molecule has 0 aliphatic heterocycles. The lowest BCUT2D eigenvalue weighted by Crippen LogP contribution is -2.60. The van der Waals surface area contributed by atoms with E-state index in [1.54, 1.807) is 0 Å². The number of carbonyl (C=O) groups is 2. The highest BCUT2D eigenvalue weighted by Gasteiger charge is 2.43. The number of carbonyl (C=O) groups excluding carboxylic acids is 1. The smallest absolute Gasteiger partial charge is 0.329 e.